The van der Waals surface area contributed by atoms with Crippen LogP contribution in [-0.4, -0.2) is 13.4 Å². The topological polar surface area (TPSA) is 96.8 Å². The number of sulfone groups is 1. The van der Waals surface area contributed by atoms with Gasteiger partial charge < -0.3 is 5.73 Å². The Morgan fingerprint density at radius 2 is 2.10 bits per heavy atom. The molecule has 0 radical (unpaired) electrons. The first-order valence-corrected chi connectivity index (χ1v) is 7.19. The van der Waals surface area contributed by atoms with Gasteiger partial charge in [0.05, 0.1) is 34.2 Å². The Labute approximate surface area is 115 Å². The van der Waals surface area contributed by atoms with Crippen LogP contribution in [0.1, 0.15) is 11.1 Å². The number of nitriles is 1. The molecule has 0 atom stereocenters. The first-order chi connectivity index (χ1) is 9.42. The molecular formula is C13H10FN3O2S. The Morgan fingerprint density at radius 1 is 1.35 bits per heavy atom. The van der Waals surface area contributed by atoms with Crippen molar-refractivity contribution in [2.75, 3.05) is 5.73 Å². The van der Waals surface area contributed by atoms with E-state index >= 15 is 0 Å². The highest BCUT2D eigenvalue weighted by molar-refractivity contribution is 7.90. The molecule has 7 heteroatoms. The monoisotopic (exact) mass is 291 g/mol. The van der Waals surface area contributed by atoms with Crippen molar-refractivity contribution in [1.29, 1.82) is 5.26 Å². The lowest BCUT2D eigenvalue weighted by Gasteiger charge is -2.07. The summed E-state index contributed by atoms with van der Waals surface area (Å²) in [6, 6.07) is 6.51. The number of hydrogen-bond donors (Lipinski definition) is 1. The standard InChI is InChI=1S/C13H10FN3O2S/c14-11-4-9(6-15)3-10(5-11)8-20(18,19)13-1-2-17-7-12(13)16/h1-5,7H,8,16H2. The second kappa shape index (κ2) is 5.27. The minimum absolute atomic E-state index is 0.0319. The quantitative estimate of drug-likeness (QED) is 0.927. The third-order valence-corrected chi connectivity index (χ3v) is 4.34. The summed E-state index contributed by atoms with van der Waals surface area (Å²) < 4.78 is 37.7. The van der Waals surface area contributed by atoms with Crippen molar-refractivity contribution in [1.82, 2.24) is 4.98 Å². The van der Waals surface area contributed by atoms with Crippen LogP contribution in [0.25, 0.3) is 0 Å². The molecule has 0 amide bonds. The van der Waals surface area contributed by atoms with E-state index in [4.69, 9.17) is 11.0 Å². The summed E-state index contributed by atoms with van der Waals surface area (Å²) in [5.74, 6) is -1.09. The van der Waals surface area contributed by atoms with Gasteiger partial charge in [0, 0.05) is 6.20 Å². The predicted molar refractivity (Wildman–Crippen MR) is 70.7 cm³/mol. The number of benzene rings is 1. The van der Waals surface area contributed by atoms with E-state index < -0.39 is 21.4 Å². The largest absolute Gasteiger partial charge is 0.396 e. The maximum atomic E-state index is 13.3. The summed E-state index contributed by atoms with van der Waals surface area (Å²) in [5.41, 5.74) is 5.87. The molecule has 1 aromatic heterocycles. The Bertz CT molecular complexity index is 798. The van der Waals surface area contributed by atoms with Gasteiger partial charge in [0.2, 0.25) is 0 Å². The molecule has 0 bridgehead atoms. The number of pyridine rings is 1. The molecule has 2 aromatic rings. The molecular weight excluding hydrogens is 281 g/mol. The van der Waals surface area contributed by atoms with Crippen LogP contribution in [0.4, 0.5) is 10.1 Å². The highest BCUT2D eigenvalue weighted by Gasteiger charge is 2.19. The van der Waals surface area contributed by atoms with Crippen LogP contribution >= 0.6 is 0 Å². The van der Waals surface area contributed by atoms with E-state index in [1.807, 2.05) is 0 Å². The first kappa shape index (κ1) is 14.0. The van der Waals surface area contributed by atoms with Gasteiger partial charge in [0.25, 0.3) is 0 Å². The van der Waals surface area contributed by atoms with Crippen molar-refractivity contribution in [3.8, 4) is 6.07 Å². The van der Waals surface area contributed by atoms with Gasteiger partial charge in [-0.25, -0.2) is 12.8 Å². The number of hydrogen-bond acceptors (Lipinski definition) is 5. The van der Waals surface area contributed by atoms with E-state index in [0.29, 0.717) is 0 Å². The number of halogens is 1. The van der Waals surface area contributed by atoms with E-state index in [9.17, 15) is 12.8 Å². The highest BCUT2D eigenvalue weighted by Crippen LogP contribution is 2.22. The Kier molecular flexibility index (Phi) is 3.68. The van der Waals surface area contributed by atoms with E-state index in [1.165, 1.54) is 24.5 Å². The fraction of sp³-hybridized carbons (Fsp3) is 0.0769. The molecule has 0 saturated carbocycles. The number of nitrogen functional groups attached to an aromatic ring is 1. The molecule has 5 nitrogen and oxygen atoms in total. The summed E-state index contributed by atoms with van der Waals surface area (Å²) in [6.07, 6.45) is 2.55. The lowest BCUT2D eigenvalue weighted by atomic mass is 10.1. The van der Waals surface area contributed by atoms with Gasteiger partial charge in [-0.1, -0.05) is 0 Å². The van der Waals surface area contributed by atoms with Gasteiger partial charge in [-0.3, -0.25) is 4.98 Å². The smallest absolute Gasteiger partial charge is 0.184 e. The summed E-state index contributed by atoms with van der Waals surface area (Å²) in [4.78, 5) is 3.65. The molecule has 0 fully saturated rings. The summed E-state index contributed by atoms with van der Waals surface area (Å²) in [5, 5.41) is 8.75. The number of aromatic nitrogens is 1. The minimum Gasteiger partial charge on any atom is -0.396 e. The van der Waals surface area contributed by atoms with E-state index in [1.54, 1.807) is 6.07 Å². The first-order valence-electron chi connectivity index (χ1n) is 5.54. The Balaban J connectivity index is 2.42. The molecule has 1 heterocycles. The molecule has 2 N–H and O–H groups in total. The van der Waals surface area contributed by atoms with Crippen LogP contribution in [0.5, 0.6) is 0 Å². The minimum atomic E-state index is -3.73. The molecule has 102 valence electrons. The number of nitrogens with zero attached hydrogens (tertiary/aromatic N) is 2. The fourth-order valence-corrected chi connectivity index (χ4v) is 3.21. The van der Waals surface area contributed by atoms with Crippen molar-refractivity contribution >= 4 is 15.5 Å². The Morgan fingerprint density at radius 3 is 2.75 bits per heavy atom. The van der Waals surface area contributed by atoms with E-state index in [-0.39, 0.29) is 21.7 Å². The van der Waals surface area contributed by atoms with Crippen LogP contribution in [0.15, 0.2) is 41.6 Å². The number of anilines is 1. The molecule has 2 rings (SSSR count). The summed E-state index contributed by atoms with van der Waals surface area (Å²) in [7, 11) is -3.73. The molecule has 0 spiro atoms. The van der Waals surface area contributed by atoms with Gasteiger partial charge in [-0.05, 0) is 29.8 Å². The predicted octanol–water partition coefficient (Wildman–Crippen LogP) is 1.65. The second-order valence-corrected chi connectivity index (χ2v) is 6.09. The normalized spacial score (nSPS) is 11.0. The molecule has 0 aliphatic rings. The third-order valence-electron chi connectivity index (χ3n) is 2.59. The Hall–Kier alpha value is -2.46. The zero-order valence-corrected chi connectivity index (χ0v) is 11.1. The highest BCUT2D eigenvalue weighted by atomic mass is 32.2. The van der Waals surface area contributed by atoms with Crippen molar-refractivity contribution in [3.05, 3.63) is 53.6 Å². The summed E-state index contributed by atoms with van der Waals surface area (Å²) >= 11 is 0. The van der Waals surface area contributed by atoms with Gasteiger partial charge in [-0.15, -0.1) is 0 Å². The third kappa shape index (κ3) is 2.92. The van der Waals surface area contributed by atoms with Crippen molar-refractivity contribution in [3.63, 3.8) is 0 Å². The lowest BCUT2D eigenvalue weighted by molar-refractivity contribution is 0.595. The zero-order chi connectivity index (χ0) is 14.8. The van der Waals surface area contributed by atoms with Crippen LogP contribution < -0.4 is 5.73 Å². The molecule has 20 heavy (non-hydrogen) atoms. The van der Waals surface area contributed by atoms with Crippen LogP contribution in [0.2, 0.25) is 0 Å². The molecule has 1 aromatic carbocycles. The number of nitrogens with two attached hydrogens (primary N) is 1. The molecule has 0 aliphatic heterocycles. The maximum Gasteiger partial charge on any atom is 0.184 e. The van der Waals surface area contributed by atoms with Crippen LogP contribution in [0.3, 0.4) is 0 Å². The molecule has 0 aliphatic carbocycles. The van der Waals surface area contributed by atoms with Crippen molar-refractivity contribution in [2.24, 2.45) is 0 Å². The van der Waals surface area contributed by atoms with Crippen molar-refractivity contribution < 1.29 is 12.8 Å². The fourth-order valence-electron chi connectivity index (χ4n) is 1.77. The van der Waals surface area contributed by atoms with E-state index in [0.717, 1.165) is 12.1 Å². The van der Waals surface area contributed by atoms with Crippen LogP contribution in [-0.2, 0) is 15.6 Å². The number of rotatable bonds is 3. The lowest BCUT2D eigenvalue weighted by Crippen LogP contribution is -2.08. The SMILES string of the molecule is N#Cc1cc(F)cc(CS(=O)(=O)c2ccncc2N)c1. The second-order valence-electron chi connectivity index (χ2n) is 4.13. The van der Waals surface area contributed by atoms with Gasteiger partial charge in [-0.2, -0.15) is 5.26 Å². The van der Waals surface area contributed by atoms with E-state index in [2.05, 4.69) is 4.98 Å². The maximum absolute atomic E-state index is 13.3. The molecule has 0 saturated heterocycles. The van der Waals surface area contributed by atoms with Gasteiger partial charge >= 0.3 is 0 Å². The van der Waals surface area contributed by atoms with Crippen molar-refractivity contribution in [2.45, 2.75) is 10.6 Å². The average Bonchev–Trinajstić information content (AvgIpc) is 2.37. The van der Waals surface area contributed by atoms with Gasteiger partial charge in [0.15, 0.2) is 9.84 Å². The van der Waals surface area contributed by atoms with Crippen LogP contribution in [0, 0.1) is 17.1 Å². The molecule has 0 unspecified atom stereocenters. The zero-order valence-electron chi connectivity index (χ0n) is 10.2. The summed E-state index contributed by atoms with van der Waals surface area (Å²) in [6.45, 7) is 0. The average molecular weight is 291 g/mol. The van der Waals surface area contributed by atoms with Gasteiger partial charge in [0.1, 0.15) is 5.82 Å².